The molecule has 25 heavy (non-hydrogen) atoms. The van der Waals surface area contributed by atoms with Gasteiger partial charge >= 0.3 is 0 Å². The molecule has 1 radical (unpaired) electrons. The van der Waals surface area contributed by atoms with Gasteiger partial charge in [0.05, 0.1) is 6.33 Å². The maximum atomic E-state index is 4.69. The van der Waals surface area contributed by atoms with Crippen molar-refractivity contribution >= 4 is 11.2 Å². The van der Waals surface area contributed by atoms with E-state index in [4.69, 9.17) is 0 Å². The van der Waals surface area contributed by atoms with Crippen molar-refractivity contribution < 1.29 is 0 Å². The van der Waals surface area contributed by atoms with Crippen molar-refractivity contribution in [2.45, 2.75) is 64.8 Å². The quantitative estimate of drug-likeness (QED) is 0.501. The Hall–Kier alpha value is -2.23. The van der Waals surface area contributed by atoms with E-state index in [0.717, 1.165) is 49.2 Å². The Labute approximate surface area is 150 Å². The molecule has 0 bridgehead atoms. The molecule has 0 spiro atoms. The van der Waals surface area contributed by atoms with Gasteiger partial charge in [-0.25, -0.2) is 15.0 Å². The summed E-state index contributed by atoms with van der Waals surface area (Å²) in [7, 11) is 0. The van der Waals surface area contributed by atoms with Gasteiger partial charge in [0, 0.05) is 13.0 Å². The monoisotopic (exact) mass is 335 g/mol. The zero-order valence-electron chi connectivity index (χ0n) is 15.1. The topological polar surface area (TPSA) is 43.6 Å². The highest BCUT2D eigenvalue weighted by molar-refractivity contribution is 5.68. The Kier molecular flexibility index (Phi) is 6.55. The lowest BCUT2D eigenvalue weighted by atomic mass is 10.1. The normalized spacial score (nSPS) is 11.2. The molecule has 3 aromatic rings. The van der Waals surface area contributed by atoms with Gasteiger partial charge in [-0.2, -0.15) is 0 Å². The summed E-state index contributed by atoms with van der Waals surface area (Å²) in [4.78, 5) is 13.4. The molecule has 1 aromatic carbocycles. The summed E-state index contributed by atoms with van der Waals surface area (Å²) < 4.78 is 2.15. The SMILES string of the molecule is CCCCc1n[c]c2ncn(CCCCCCc3ccccc3)c2n1. The molecule has 0 aliphatic carbocycles. The van der Waals surface area contributed by atoms with Crippen molar-refractivity contribution in [1.82, 2.24) is 19.5 Å². The number of imidazole rings is 1. The largest absolute Gasteiger partial charge is 0.315 e. The lowest BCUT2D eigenvalue weighted by Gasteiger charge is -2.05. The van der Waals surface area contributed by atoms with Gasteiger partial charge in [-0.15, -0.1) is 0 Å². The summed E-state index contributed by atoms with van der Waals surface area (Å²) in [5.41, 5.74) is 3.16. The Morgan fingerprint density at radius 2 is 1.80 bits per heavy atom. The van der Waals surface area contributed by atoms with Crippen LogP contribution in [0.1, 0.15) is 56.8 Å². The van der Waals surface area contributed by atoms with Crippen molar-refractivity contribution in [3.63, 3.8) is 0 Å². The number of aryl methyl sites for hydroxylation is 3. The zero-order valence-corrected chi connectivity index (χ0v) is 15.1. The summed E-state index contributed by atoms with van der Waals surface area (Å²) in [6, 6.07) is 10.7. The highest BCUT2D eigenvalue weighted by Crippen LogP contribution is 2.13. The van der Waals surface area contributed by atoms with Crippen LogP contribution in [0.4, 0.5) is 0 Å². The van der Waals surface area contributed by atoms with Crippen molar-refractivity contribution in [2.75, 3.05) is 0 Å². The van der Waals surface area contributed by atoms with E-state index in [0.29, 0.717) is 0 Å². The second-order valence-electron chi connectivity index (χ2n) is 6.62. The summed E-state index contributed by atoms with van der Waals surface area (Å²) in [5.74, 6) is 0.888. The number of aromatic nitrogens is 4. The van der Waals surface area contributed by atoms with Crippen LogP contribution in [0.5, 0.6) is 0 Å². The van der Waals surface area contributed by atoms with E-state index in [9.17, 15) is 0 Å². The van der Waals surface area contributed by atoms with Gasteiger partial charge in [0.2, 0.25) is 0 Å². The standard InChI is InChI=1S/C21H27N4/c1-2-3-14-20-22-16-19-21(24-20)25(17-23-19)15-10-5-4-7-11-18-12-8-6-9-13-18/h6,8-9,12-13,17H,2-5,7,10-11,14-15H2,1H3. The van der Waals surface area contributed by atoms with Crippen LogP contribution in [0.15, 0.2) is 36.7 Å². The first-order valence-electron chi connectivity index (χ1n) is 9.50. The van der Waals surface area contributed by atoms with Crippen LogP contribution < -0.4 is 0 Å². The number of benzene rings is 1. The summed E-state index contributed by atoms with van der Waals surface area (Å²) in [6.45, 7) is 3.16. The predicted octanol–water partition coefficient (Wildman–Crippen LogP) is 4.77. The van der Waals surface area contributed by atoms with Crippen LogP contribution in [-0.4, -0.2) is 19.5 Å². The molecule has 131 valence electrons. The number of fused-ring (bicyclic) bond motifs is 1. The van der Waals surface area contributed by atoms with Crippen LogP contribution >= 0.6 is 0 Å². The highest BCUT2D eigenvalue weighted by Gasteiger charge is 2.07. The number of hydrogen-bond acceptors (Lipinski definition) is 3. The molecule has 0 aliphatic heterocycles. The molecule has 2 heterocycles. The van der Waals surface area contributed by atoms with E-state index >= 15 is 0 Å². The molecule has 3 rings (SSSR count). The molecule has 4 heteroatoms. The Bertz CT molecular complexity index is 764. The lowest BCUT2D eigenvalue weighted by molar-refractivity contribution is 0.577. The molecule has 0 N–H and O–H groups in total. The van der Waals surface area contributed by atoms with Gasteiger partial charge in [0.1, 0.15) is 17.5 Å². The van der Waals surface area contributed by atoms with Crippen molar-refractivity contribution in [2.24, 2.45) is 0 Å². The second-order valence-corrected chi connectivity index (χ2v) is 6.62. The fourth-order valence-corrected chi connectivity index (χ4v) is 3.06. The van der Waals surface area contributed by atoms with E-state index in [-0.39, 0.29) is 0 Å². The summed E-state index contributed by atoms with van der Waals surface area (Å²) in [5, 5.41) is 0. The van der Waals surface area contributed by atoms with Gasteiger partial charge in [-0.1, -0.05) is 56.5 Å². The molecule has 0 aliphatic rings. The fourth-order valence-electron chi connectivity index (χ4n) is 3.06. The van der Waals surface area contributed by atoms with E-state index < -0.39 is 0 Å². The number of hydrogen-bond donors (Lipinski definition) is 0. The van der Waals surface area contributed by atoms with Crippen LogP contribution in [0.25, 0.3) is 11.2 Å². The first kappa shape index (κ1) is 17.6. The molecule has 0 saturated carbocycles. The maximum absolute atomic E-state index is 4.69. The average molecular weight is 335 g/mol. The van der Waals surface area contributed by atoms with E-state index in [1.165, 1.54) is 31.2 Å². The molecule has 0 fully saturated rings. The summed E-state index contributed by atoms with van der Waals surface area (Å²) in [6.07, 6.45) is 14.2. The molecule has 0 saturated heterocycles. The average Bonchev–Trinajstić information content (AvgIpc) is 3.06. The zero-order chi connectivity index (χ0) is 17.3. The van der Waals surface area contributed by atoms with Gasteiger partial charge in [-0.3, -0.25) is 0 Å². The molecular weight excluding hydrogens is 308 g/mol. The second kappa shape index (κ2) is 9.30. The van der Waals surface area contributed by atoms with Gasteiger partial charge in [0.15, 0.2) is 5.65 Å². The third-order valence-corrected chi connectivity index (χ3v) is 4.55. The van der Waals surface area contributed by atoms with Crippen LogP contribution in [0.3, 0.4) is 0 Å². The number of unbranched alkanes of at least 4 members (excludes halogenated alkanes) is 4. The van der Waals surface area contributed by atoms with E-state index in [2.05, 4.69) is 63.0 Å². The van der Waals surface area contributed by atoms with Gasteiger partial charge in [0.25, 0.3) is 0 Å². The van der Waals surface area contributed by atoms with Crippen molar-refractivity contribution in [1.29, 1.82) is 0 Å². The van der Waals surface area contributed by atoms with Crippen LogP contribution in [0.2, 0.25) is 0 Å². The highest BCUT2D eigenvalue weighted by atomic mass is 15.1. The van der Waals surface area contributed by atoms with Gasteiger partial charge in [-0.05, 0) is 31.2 Å². The molecule has 0 amide bonds. The fraction of sp³-hybridized carbons (Fsp3) is 0.476. The van der Waals surface area contributed by atoms with E-state index in [1.807, 2.05) is 6.33 Å². The Balaban J connectivity index is 1.44. The van der Waals surface area contributed by atoms with Gasteiger partial charge < -0.3 is 4.57 Å². The van der Waals surface area contributed by atoms with Crippen molar-refractivity contribution in [3.8, 4) is 0 Å². The van der Waals surface area contributed by atoms with Crippen LogP contribution in [0, 0.1) is 6.20 Å². The Morgan fingerprint density at radius 3 is 2.64 bits per heavy atom. The Morgan fingerprint density at radius 1 is 0.960 bits per heavy atom. The first-order valence-corrected chi connectivity index (χ1v) is 9.50. The van der Waals surface area contributed by atoms with E-state index in [1.54, 1.807) is 0 Å². The third kappa shape index (κ3) is 5.12. The predicted molar refractivity (Wildman–Crippen MR) is 101 cm³/mol. The number of rotatable bonds is 10. The minimum atomic E-state index is 0.782. The smallest absolute Gasteiger partial charge is 0.164 e. The number of nitrogens with zero attached hydrogens (tertiary/aromatic N) is 4. The first-order chi connectivity index (χ1) is 12.4. The molecule has 0 atom stereocenters. The molecular formula is C21H27N4. The molecule has 0 unspecified atom stereocenters. The third-order valence-electron chi connectivity index (χ3n) is 4.55. The molecule has 2 aromatic heterocycles. The summed E-state index contributed by atoms with van der Waals surface area (Å²) >= 11 is 0. The maximum Gasteiger partial charge on any atom is 0.164 e. The molecule has 4 nitrogen and oxygen atoms in total. The minimum absolute atomic E-state index is 0.782. The lowest BCUT2D eigenvalue weighted by Crippen LogP contribution is -2.01. The van der Waals surface area contributed by atoms with Crippen LogP contribution in [-0.2, 0) is 19.4 Å². The van der Waals surface area contributed by atoms with Crippen molar-refractivity contribution in [3.05, 3.63) is 54.2 Å². The minimum Gasteiger partial charge on any atom is -0.315 e.